The van der Waals surface area contributed by atoms with Gasteiger partial charge in [0.25, 0.3) is 5.69 Å². The maximum atomic E-state index is 13.5. The minimum atomic E-state index is -0.648. The summed E-state index contributed by atoms with van der Waals surface area (Å²) in [5.74, 6) is -0.648. The van der Waals surface area contributed by atoms with Gasteiger partial charge < -0.3 is 5.32 Å². The Labute approximate surface area is 116 Å². The molecule has 19 heavy (non-hydrogen) atoms. The number of hydrogen-bond acceptors (Lipinski definition) is 3. The molecule has 0 aliphatic heterocycles. The van der Waals surface area contributed by atoms with Crippen molar-refractivity contribution in [3.63, 3.8) is 0 Å². The molecule has 2 rings (SSSR count). The molecule has 1 fully saturated rings. The summed E-state index contributed by atoms with van der Waals surface area (Å²) in [6, 6.07) is 2.27. The predicted octanol–water partition coefficient (Wildman–Crippen LogP) is 4.38. The Kier molecular flexibility index (Phi) is 3.67. The lowest BCUT2D eigenvalue weighted by Gasteiger charge is -2.28. The zero-order chi connectivity index (χ0) is 14.2. The molecule has 1 N–H and O–H groups in total. The van der Waals surface area contributed by atoms with E-state index in [1.54, 1.807) is 0 Å². The van der Waals surface area contributed by atoms with Gasteiger partial charge >= 0.3 is 0 Å². The molecule has 1 aromatic carbocycles. The molecular weight excluding hydrogens is 271 g/mol. The number of anilines is 1. The number of halogens is 2. The van der Waals surface area contributed by atoms with Crippen LogP contribution in [0.5, 0.6) is 0 Å². The first-order valence-corrected chi connectivity index (χ1v) is 6.59. The zero-order valence-corrected chi connectivity index (χ0v) is 11.6. The highest BCUT2D eigenvalue weighted by Gasteiger charge is 2.35. The van der Waals surface area contributed by atoms with Crippen LogP contribution in [0, 0.1) is 21.3 Å². The van der Waals surface area contributed by atoms with Crippen molar-refractivity contribution in [2.45, 2.75) is 39.2 Å². The molecule has 1 aliphatic carbocycles. The van der Waals surface area contributed by atoms with Crippen LogP contribution in [0.15, 0.2) is 12.1 Å². The van der Waals surface area contributed by atoms with Crippen molar-refractivity contribution in [3.05, 3.63) is 33.1 Å². The number of benzene rings is 1. The number of nitro benzene ring substituents is 1. The van der Waals surface area contributed by atoms with Crippen molar-refractivity contribution in [2.75, 3.05) is 5.32 Å². The lowest BCUT2D eigenvalue weighted by atomic mass is 9.87. The van der Waals surface area contributed by atoms with E-state index < -0.39 is 10.7 Å². The van der Waals surface area contributed by atoms with Gasteiger partial charge in [0.1, 0.15) is 11.5 Å². The molecule has 1 atom stereocenters. The Morgan fingerprint density at radius 2 is 2.21 bits per heavy atom. The van der Waals surface area contributed by atoms with Crippen molar-refractivity contribution in [3.8, 4) is 0 Å². The van der Waals surface area contributed by atoms with Crippen LogP contribution in [0.25, 0.3) is 0 Å². The Morgan fingerprint density at radius 3 is 2.74 bits per heavy atom. The lowest BCUT2D eigenvalue weighted by Crippen LogP contribution is -2.31. The fourth-order valence-corrected chi connectivity index (χ4v) is 2.74. The van der Waals surface area contributed by atoms with E-state index in [1.807, 2.05) is 0 Å². The molecule has 0 radical (unpaired) electrons. The van der Waals surface area contributed by atoms with E-state index in [9.17, 15) is 14.5 Å². The van der Waals surface area contributed by atoms with E-state index >= 15 is 0 Å². The summed E-state index contributed by atoms with van der Waals surface area (Å²) < 4.78 is 13.5. The first-order valence-electron chi connectivity index (χ1n) is 6.21. The molecule has 0 bridgehead atoms. The minimum Gasteiger partial charge on any atom is -0.376 e. The van der Waals surface area contributed by atoms with Gasteiger partial charge in [0.2, 0.25) is 0 Å². The Hall–Kier alpha value is -1.36. The number of nitro groups is 1. The van der Waals surface area contributed by atoms with E-state index in [1.165, 1.54) is 0 Å². The van der Waals surface area contributed by atoms with Crippen LogP contribution in [0.2, 0.25) is 5.02 Å². The summed E-state index contributed by atoms with van der Waals surface area (Å²) in [7, 11) is 0. The van der Waals surface area contributed by atoms with Crippen LogP contribution in [-0.2, 0) is 0 Å². The van der Waals surface area contributed by atoms with Crippen LogP contribution < -0.4 is 5.32 Å². The van der Waals surface area contributed by atoms with Crippen LogP contribution in [0.3, 0.4) is 0 Å². The standard InChI is InChI=1S/C13H16ClFN2O2/c1-13(2)5-3-4-12(13)16-10-7-9(15)8(14)6-11(10)17(18)19/h6-7,12,16H,3-5H2,1-2H3. The van der Waals surface area contributed by atoms with Crippen LogP contribution in [0.4, 0.5) is 15.8 Å². The van der Waals surface area contributed by atoms with Gasteiger partial charge in [-0.25, -0.2) is 4.39 Å². The van der Waals surface area contributed by atoms with Gasteiger partial charge in [0.15, 0.2) is 0 Å². The first kappa shape index (κ1) is 14.1. The third-order valence-corrected chi connectivity index (χ3v) is 4.11. The number of rotatable bonds is 3. The highest BCUT2D eigenvalue weighted by molar-refractivity contribution is 6.31. The quantitative estimate of drug-likeness (QED) is 0.663. The first-order chi connectivity index (χ1) is 8.81. The molecular formula is C13H16ClFN2O2. The molecule has 4 nitrogen and oxygen atoms in total. The summed E-state index contributed by atoms with van der Waals surface area (Å²) in [4.78, 5) is 10.5. The van der Waals surface area contributed by atoms with E-state index in [-0.39, 0.29) is 27.9 Å². The maximum absolute atomic E-state index is 13.5. The van der Waals surface area contributed by atoms with Crippen molar-refractivity contribution in [1.29, 1.82) is 0 Å². The van der Waals surface area contributed by atoms with Crippen molar-refractivity contribution >= 4 is 23.0 Å². The van der Waals surface area contributed by atoms with Gasteiger partial charge in [-0.15, -0.1) is 0 Å². The van der Waals surface area contributed by atoms with Crippen molar-refractivity contribution in [1.82, 2.24) is 0 Å². The van der Waals surface area contributed by atoms with Crippen LogP contribution in [0.1, 0.15) is 33.1 Å². The average Bonchev–Trinajstić information content (AvgIpc) is 2.63. The molecule has 1 aliphatic rings. The van der Waals surface area contributed by atoms with Crippen molar-refractivity contribution in [2.24, 2.45) is 5.41 Å². The molecule has 1 unspecified atom stereocenters. The van der Waals surface area contributed by atoms with Gasteiger partial charge in [-0.2, -0.15) is 0 Å². The molecule has 1 saturated carbocycles. The van der Waals surface area contributed by atoms with Gasteiger partial charge in [0, 0.05) is 18.2 Å². The second-order valence-corrected chi connectivity index (χ2v) is 6.03. The van der Waals surface area contributed by atoms with E-state index in [4.69, 9.17) is 11.6 Å². The highest BCUT2D eigenvalue weighted by atomic mass is 35.5. The molecule has 0 saturated heterocycles. The largest absolute Gasteiger partial charge is 0.376 e. The normalized spacial score (nSPS) is 21.4. The average molecular weight is 287 g/mol. The molecule has 6 heteroatoms. The van der Waals surface area contributed by atoms with E-state index in [0.29, 0.717) is 0 Å². The Balaban J connectivity index is 2.34. The van der Waals surface area contributed by atoms with Gasteiger partial charge in [-0.1, -0.05) is 31.9 Å². The van der Waals surface area contributed by atoms with E-state index in [2.05, 4.69) is 19.2 Å². The van der Waals surface area contributed by atoms with Gasteiger partial charge in [-0.05, 0) is 18.3 Å². The third kappa shape index (κ3) is 2.81. The Morgan fingerprint density at radius 1 is 1.53 bits per heavy atom. The fourth-order valence-electron chi connectivity index (χ4n) is 2.59. The smallest absolute Gasteiger partial charge is 0.294 e. The highest BCUT2D eigenvalue weighted by Crippen LogP contribution is 2.41. The molecule has 1 aromatic rings. The number of nitrogens with zero attached hydrogens (tertiary/aromatic N) is 1. The maximum Gasteiger partial charge on any atom is 0.294 e. The number of hydrogen-bond donors (Lipinski definition) is 1. The van der Waals surface area contributed by atoms with Crippen LogP contribution >= 0.6 is 11.6 Å². The lowest BCUT2D eigenvalue weighted by molar-refractivity contribution is -0.384. The summed E-state index contributed by atoms with van der Waals surface area (Å²) in [5, 5.41) is 13.9. The second kappa shape index (κ2) is 4.96. The Bertz CT molecular complexity index is 520. The summed E-state index contributed by atoms with van der Waals surface area (Å²) in [6.45, 7) is 4.21. The fraction of sp³-hybridized carbons (Fsp3) is 0.538. The van der Waals surface area contributed by atoms with Gasteiger partial charge in [-0.3, -0.25) is 10.1 Å². The molecule has 0 aromatic heterocycles. The molecule has 0 spiro atoms. The van der Waals surface area contributed by atoms with Crippen LogP contribution in [-0.4, -0.2) is 11.0 Å². The SMILES string of the molecule is CC1(C)CCCC1Nc1cc(F)c(Cl)cc1[N+](=O)[O-]. The predicted molar refractivity (Wildman–Crippen MR) is 73.1 cm³/mol. The molecule has 104 valence electrons. The summed E-state index contributed by atoms with van der Waals surface area (Å²) >= 11 is 5.60. The summed E-state index contributed by atoms with van der Waals surface area (Å²) in [5.41, 5.74) is 0.0604. The van der Waals surface area contributed by atoms with Gasteiger partial charge in [0.05, 0.1) is 9.95 Å². The molecule has 0 amide bonds. The minimum absolute atomic E-state index is 0.0456. The van der Waals surface area contributed by atoms with E-state index in [0.717, 1.165) is 31.4 Å². The monoisotopic (exact) mass is 286 g/mol. The van der Waals surface area contributed by atoms with Crippen molar-refractivity contribution < 1.29 is 9.31 Å². The summed E-state index contributed by atoms with van der Waals surface area (Å²) in [6.07, 6.45) is 3.04. The number of nitrogens with one attached hydrogen (secondary N) is 1. The third-order valence-electron chi connectivity index (χ3n) is 3.82. The zero-order valence-electron chi connectivity index (χ0n) is 10.9. The second-order valence-electron chi connectivity index (χ2n) is 5.62. The molecule has 0 heterocycles. The topological polar surface area (TPSA) is 55.2 Å².